The van der Waals surface area contributed by atoms with Crippen LogP contribution in [-0.4, -0.2) is 40.0 Å². The lowest BCUT2D eigenvalue weighted by molar-refractivity contribution is 0.0992. The van der Waals surface area contributed by atoms with Crippen LogP contribution in [0.2, 0.25) is 0 Å². The van der Waals surface area contributed by atoms with E-state index >= 15 is 0 Å². The van der Waals surface area contributed by atoms with Crippen LogP contribution in [0.1, 0.15) is 20.7 Å². The molecule has 4 N–H and O–H groups in total. The van der Waals surface area contributed by atoms with Gasteiger partial charge in [-0.2, -0.15) is 0 Å². The smallest absolute Gasteiger partial charge is 0.249 e. The summed E-state index contributed by atoms with van der Waals surface area (Å²) in [7, 11) is 7.73. The van der Waals surface area contributed by atoms with E-state index in [0.29, 0.717) is 22.3 Å². The molecule has 0 aliphatic carbocycles. The third-order valence-electron chi connectivity index (χ3n) is 5.08. The van der Waals surface area contributed by atoms with Gasteiger partial charge in [-0.15, -0.1) is 0 Å². The maximum absolute atomic E-state index is 12.2. The predicted octanol–water partition coefficient (Wildman–Crippen LogP) is 3.35. The van der Waals surface area contributed by atoms with Gasteiger partial charge in [-0.05, 0) is 58.7 Å². The van der Waals surface area contributed by atoms with Gasteiger partial charge in [0, 0.05) is 50.7 Å². The molecule has 0 saturated heterocycles. The van der Waals surface area contributed by atoms with Crippen molar-refractivity contribution in [2.45, 2.75) is 0 Å². The fourth-order valence-corrected chi connectivity index (χ4v) is 3.45. The number of primary amides is 2. The molecule has 3 rings (SSSR count). The Morgan fingerprint density at radius 2 is 0.967 bits per heavy atom. The van der Waals surface area contributed by atoms with Crippen LogP contribution in [0.25, 0.3) is 22.3 Å². The average molecular weight is 402 g/mol. The monoisotopic (exact) mass is 402 g/mol. The first-order valence-electron chi connectivity index (χ1n) is 9.53. The van der Waals surface area contributed by atoms with Gasteiger partial charge in [-0.25, -0.2) is 0 Å². The van der Waals surface area contributed by atoms with E-state index in [1.165, 1.54) is 0 Å². The number of carbonyl (C=O) groups excluding carboxylic acids is 2. The van der Waals surface area contributed by atoms with Gasteiger partial charge in [0.2, 0.25) is 11.8 Å². The lowest BCUT2D eigenvalue weighted by atomic mass is 9.88. The molecule has 154 valence electrons. The summed E-state index contributed by atoms with van der Waals surface area (Å²) in [4.78, 5) is 28.3. The van der Waals surface area contributed by atoms with Gasteiger partial charge in [-0.1, -0.05) is 24.3 Å². The zero-order valence-corrected chi connectivity index (χ0v) is 17.6. The van der Waals surface area contributed by atoms with Crippen molar-refractivity contribution in [1.29, 1.82) is 0 Å². The van der Waals surface area contributed by atoms with E-state index in [2.05, 4.69) is 0 Å². The molecule has 30 heavy (non-hydrogen) atoms. The highest BCUT2D eigenvalue weighted by molar-refractivity contribution is 6.06. The Kier molecular flexibility index (Phi) is 5.78. The number of amides is 2. The molecular weight excluding hydrogens is 376 g/mol. The molecule has 0 aliphatic rings. The van der Waals surface area contributed by atoms with Crippen LogP contribution >= 0.6 is 0 Å². The van der Waals surface area contributed by atoms with Gasteiger partial charge < -0.3 is 21.3 Å². The third kappa shape index (κ3) is 3.98. The van der Waals surface area contributed by atoms with Crippen molar-refractivity contribution in [1.82, 2.24) is 0 Å². The number of carbonyl (C=O) groups is 2. The molecule has 0 fully saturated rings. The summed E-state index contributed by atoms with van der Waals surface area (Å²) in [5, 5.41) is 0. The molecule has 0 spiro atoms. The molecular formula is C24H26N4O2. The fraction of sp³-hybridized carbons (Fsp3) is 0.167. The Hall–Kier alpha value is -3.80. The number of rotatable bonds is 6. The minimum absolute atomic E-state index is 0.414. The van der Waals surface area contributed by atoms with E-state index < -0.39 is 11.8 Å². The van der Waals surface area contributed by atoms with Crippen LogP contribution in [0.3, 0.4) is 0 Å². The SMILES string of the molecule is CN(C)c1ccc(C(N)=O)c(-c2ccccc2-c2cc(N(C)C)ccc2C(N)=O)c1. The second kappa shape index (κ2) is 8.29. The van der Waals surface area contributed by atoms with Crippen molar-refractivity contribution >= 4 is 23.2 Å². The van der Waals surface area contributed by atoms with E-state index in [0.717, 1.165) is 22.5 Å². The molecule has 0 bridgehead atoms. The molecule has 6 heteroatoms. The second-order valence-electron chi connectivity index (χ2n) is 7.52. The van der Waals surface area contributed by atoms with Gasteiger partial charge in [0.1, 0.15) is 0 Å². The van der Waals surface area contributed by atoms with Crippen molar-refractivity contribution in [3.05, 3.63) is 71.8 Å². The summed E-state index contributed by atoms with van der Waals surface area (Å²) >= 11 is 0. The van der Waals surface area contributed by atoms with Gasteiger partial charge in [0.25, 0.3) is 0 Å². The highest BCUT2D eigenvalue weighted by Gasteiger charge is 2.19. The summed E-state index contributed by atoms with van der Waals surface area (Å²) in [5.74, 6) is -1.02. The van der Waals surface area contributed by atoms with Crippen molar-refractivity contribution in [2.24, 2.45) is 11.5 Å². The quantitative estimate of drug-likeness (QED) is 0.661. The molecule has 0 unspecified atom stereocenters. The van der Waals surface area contributed by atoms with E-state index in [9.17, 15) is 9.59 Å². The lowest BCUT2D eigenvalue weighted by Gasteiger charge is -2.20. The molecule has 2 amide bonds. The van der Waals surface area contributed by atoms with Gasteiger partial charge in [0.05, 0.1) is 0 Å². The van der Waals surface area contributed by atoms with Crippen LogP contribution in [0.15, 0.2) is 60.7 Å². The molecule has 0 heterocycles. The van der Waals surface area contributed by atoms with Gasteiger partial charge in [-0.3, -0.25) is 9.59 Å². The van der Waals surface area contributed by atoms with Crippen molar-refractivity contribution in [3.8, 4) is 22.3 Å². The lowest BCUT2D eigenvalue weighted by Crippen LogP contribution is -2.15. The van der Waals surface area contributed by atoms with E-state index in [4.69, 9.17) is 11.5 Å². The maximum Gasteiger partial charge on any atom is 0.249 e. The highest BCUT2D eigenvalue weighted by Crippen LogP contribution is 2.38. The van der Waals surface area contributed by atoms with Gasteiger partial charge in [0.15, 0.2) is 0 Å². The summed E-state index contributed by atoms with van der Waals surface area (Å²) in [6.45, 7) is 0. The van der Waals surface area contributed by atoms with E-state index in [-0.39, 0.29) is 0 Å². The van der Waals surface area contributed by atoms with Crippen LogP contribution < -0.4 is 21.3 Å². The number of hydrogen-bond donors (Lipinski definition) is 2. The molecule has 0 radical (unpaired) electrons. The average Bonchev–Trinajstić information content (AvgIpc) is 2.72. The molecule has 0 saturated carbocycles. The molecule has 0 aromatic heterocycles. The predicted molar refractivity (Wildman–Crippen MR) is 123 cm³/mol. The second-order valence-corrected chi connectivity index (χ2v) is 7.52. The molecule has 0 aliphatic heterocycles. The fourth-order valence-electron chi connectivity index (χ4n) is 3.45. The van der Waals surface area contributed by atoms with E-state index in [1.54, 1.807) is 12.1 Å². The van der Waals surface area contributed by atoms with Crippen molar-refractivity contribution < 1.29 is 9.59 Å². The first-order valence-corrected chi connectivity index (χ1v) is 9.53. The largest absolute Gasteiger partial charge is 0.378 e. The van der Waals surface area contributed by atoms with E-state index in [1.807, 2.05) is 86.5 Å². The zero-order chi connectivity index (χ0) is 22.0. The topological polar surface area (TPSA) is 92.7 Å². The summed E-state index contributed by atoms with van der Waals surface area (Å²) < 4.78 is 0. The Morgan fingerprint density at radius 1 is 0.600 bits per heavy atom. The first-order chi connectivity index (χ1) is 14.2. The molecule has 0 atom stereocenters. The minimum atomic E-state index is -0.512. The van der Waals surface area contributed by atoms with Crippen LogP contribution in [-0.2, 0) is 0 Å². The number of nitrogens with zero attached hydrogens (tertiary/aromatic N) is 2. The standard InChI is InChI=1S/C24H26N4O2/c1-27(2)15-9-11-19(23(25)29)21(13-15)17-7-5-6-8-18(17)22-14-16(28(3)4)10-12-20(22)24(26)30/h5-14H,1-4H3,(H2,25,29)(H2,26,30). The maximum atomic E-state index is 12.2. The molecule has 3 aromatic rings. The highest BCUT2D eigenvalue weighted by atomic mass is 16.1. The Bertz CT molecular complexity index is 1030. The number of anilines is 2. The molecule has 6 nitrogen and oxygen atoms in total. The summed E-state index contributed by atoms with van der Waals surface area (Å²) in [6.07, 6.45) is 0. The first kappa shape index (κ1) is 20.9. The van der Waals surface area contributed by atoms with Crippen LogP contribution in [0.4, 0.5) is 11.4 Å². The Labute approximate surface area is 176 Å². The number of benzene rings is 3. The summed E-state index contributed by atoms with van der Waals surface area (Å²) in [5.41, 5.74) is 17.1. The van der Waals surface area contributed by atoms with Gasteiger partial charge >= 0.3 is 0 Å². The molecule has 3 aromatic carbocycles. The number of nitrogens with two attached hydrogens (primary N) is 2. The van der Waals surface area contributed by atoms with Crippen molar-refractivity contribution in [2.75, 3.05) is 38.0 Å². The zero-order valence-electron chi connectivity index (χ0n) is 17.6. The normalized spacial score (nSPS) is 10.5. The number of hydrogen-bond acceptors (Lipinski definition) is 4. The van der Waals surface area contributed by atoms with Crippen LogP contribution in [0.5, 0.6) is 0 Å². The summed E-state index contributed by atoms with van der Waals surface area (Å²) in [6, 6.07) is 18.7. The third-order valence-corrected chi connectivity index (χ3v) is 5.08. The van der Waals surface area contributed by atoms with Crippen molar-refractivity contribution in [3.63, 3.8) is 0 Å². The minimum Gasteiger partial charge on any atom is -0.378 e. The van der Waals surface area contributed by atoms with Crippen LogP contribution in [0, 0.1) is 0 Å². The Morgan fingerprint density at radius 3 is 1.27 bits per heavy atom. The Balaban J connectivity index is 2.35.